The van der Waals surface area contributed by atoms with E-state index in [0.717, 1.165) is 24.0 Å². The minimum Gasteiger partial charge on any atom is -0.249 e. The summed E-state index contributed by atoms with van der Waals surface area (Å²) in [6, 6.07) is 19.0. The fourth-order valence-electron chi connectivity index (χ4n) is 2.48. The lowest BCUT2D eigenvalue weighted by Crippen LogP contribution is -2.10. The van der Waals surface area contributed by atoms with Gasteiger partial charge in [-0.25, -0.2) is 12.4 Å². The van der Waals surface area contributed by atoms with Crippen molar-refractivity contribution in [2.45, 2.75) is 24.7 Å². The molecule has 0 aliphatic rings. The van der Waals surface area contributed by atoms with Crippen molar-refractivity contribution < 1.29 is 8.42 Å². The molecule has 1 heterocycles. The van der Waals surface area contributed by atoms with Crippen LogP contribution in [0.15, 0.2) is 78.0 Å². The fourth-order valence-corrected chi connectivity index (χ4v) is 3.70. The normalized spacial score (nSPS) is 11.5. The van der Waals surface area contributed by atoms with Gasteiger partial charge in [-0.3, -0.25) is 0 Å². The number of benzene rings is 2. The van der Waals surface area contributed by atoms with Crippen LogP contribution in [0, 0.1) is 6.92 Å². The van der Waals surface area contributed by atoms with Crippen molar-refractivity contribution >= 4 is 10.0 Å². The van der Waals surface area contributed by atoms with E-state index < -0.39 is 10.0 Å². The van der Waals surface area contributed by atoms with Crippen LogP contribution in [-0.2, 0) is 22.9 Å². The predicted molar refractivity (Wildman–Crippen MR) is 92.0 cm³/mol. The summed E-state index contributed by atoms with van der Waals surface area (Å²) in [4.78, 5) is 0.313. The van der Waals surface area contributed by atoms with Crippen molar-refractivity contribution in [1.29, 1.82) is 0 Å². The Labute approximate surface area is 137 Å². The second-order valence-corrected chi connectivity index (χ2v) is 7.50. The van der Waals surface area contributed by atoms with E-state index in [2.05, 4.69) is 12.1 Å². The average Bonchev–Trinajstić information content (AvgIpc) is 3.04. The zero-order valence-corrected chi connectivity index (χ0v) is 13.8. The van der Waals surface area contributed by atoms with Crippen LogP contribution < -0.4 is 0 Å². The van der Waals surface area contributed by atoms with Crippen LogP contribution >= 0.6 is 0 Å². The molecule has 23 heavy (non-hydrogen) atoms. The van der Waals surface area contributed by atoms with Crippen molar-refractivity contribution in [1.82, 2.24) is 3.97 Å². The van der Waals surface area contributed by atoms with Crippen LogP contribution in [0.1, 0.15) is 16.7 Å². The summed E-state index contributed by atoms with van der Waals surface area (Å²) in [5.74, 6) is 0. The van der Waals surface area contributed by atoms with Crippen LogP contribution in [0.25, 0.3) is 0 Å². The number of nitrogens with zero attached hydrogens (tertiary/aromatic N) is 1. The number of hydrogen-bond donors (Lipinski definition) is 0. The van der Waals surface area contributed by atoms with Gasteiger partial charge < -0.3 is 0 Å². The van der Waals surface area contributed by atoms with E-state index in [-0.39, 0.29) is 0 Å². The van der Waals surface area contributed by atoms with E-state index in [1.165, 1.54) is 9.54 Å². The summed E-state index contributed by atoms with van der Waals surface area (Å²) in [7, 11) is -3.50. The Morgan fingerprint density at radius 3 is 2.17 bits per heavy atom. The molecule has 0 fully saturated rings. The molecule has 0 N–H and O–H groups in total. The first-order chi connectivity index (χ1) is 11.1. The molecule has 3 aromatic rings. The maximum atomic E-state index is 12.6. The van der Waals surface area contributed by atoms with Gasteiger partial charge in [0.2, 0.25) is 0 Å². The first-order valence-electron chi connectivity index (χ1n) is 7.59. The molecule has 4 heteroatoms. The summed E-state index contributed by atoms with van der Waals surface area (Å²) >= 11 is 0. The quantitative estimate of drug-likeness (QED) is 0.715. The summed E-state index contributed by atoms with van der Waals surface area (Å²) in [5, 5.41) is 0. The highest BCUT2D eigenvalue weighted by molar-refractivity contribution is 7.90. The molecule has 0 saturated heterocycles. The van der Waals surface area contributed by atoms with Gasteiger partial charge in [-0.2, -0.15) is 0 Å². The zero-order chi connectivity index (χ0) is 16.3. The van der Waals surface area contributed by atoms with Crippen LogP contribution in [0.4, 0.5) is 0 Å². The van der Waals surface area contributed by atoms with Gasteiger partial charge in [0.25, 0.3) is 10.0 Å². The molecule has 0 unspecified atom stereocenters. The minimum absolute atomic E-state index is 0.313. The van der Waals surface area contributed by atoms with Gasteiger partial charge in [0.05, 0.1) is 4.90 Å². The standard InChI is InChI=1S/C19H19NO2S/c1-16-7-11-19(12-8-16)23(21,22)20-14-13-18(15-20)10-9-17-5-3-2-4-6-17/h2-8,11-15H,9-10H2,1H3. The Bertz CT molecular complexity index is 879. The lowest BCUT2D eigenvalue weighted by molar-refractivity contribution is 0.587. The van der Waals surface area contributed by atoms with Gasteiger partial charge in [0, 0.05) is 12.4 Å². The fraction of sp³-hybridized carbons (Fsp3) is 0.158. The summed E-state index contributed by atoms with van der Waals surface area (Å²) in [6.07, 6.45) is 5.05. The molecule has 0 aliphatic heterocycles. The molecule has 118 valence electrons. The predicted octanol–water partition coefficient (Wildman–Crippen LogP) is 3.82. The molecule has 1 aromatic heterocycles. The van der Waals surface area contributed by atoms with E-state index in [0.29, 0.717) is 4.90 Å². The Balaban J connectivity index is 1.77. The molecule has 0 saturated carbocycles. The molecule has 0 amide bonds. The Kier molecular flexibility index (Phi) is 4.35. The SMILES string of the molecule is Cc1ccc(S(=O)(=O)n2ccc(CCc3ccccc3)c2)cc1. The summed E-state index contributed by atoms with van der Waals surface area (Å²) in [6.45, 7) is 1.94. The molecular formula is C19H19NO2S. The average molecular weight is 325 g/mol. The maximum absolute atomic E-state index is 12.6. The lowest BCUT2D eigenvalue weighted by atomic mass is 10.1. The monoisotopic (exact) mass is 325 g/mol. The third-order valence-corrected chi connectivity index (χ3v) is 5.52. The molecule has 3 rings (SSSR count). The van der Waals surface area contributed by atoms with Crippen molar-refractivity contribution in [3.8, 4) is 0 Å². The highest BCUT2D eigenvalue weighted by atomic mass is 32.2. The van der Waals surface area contributed by atoms with Gasteiger partial charge in [0.1, 0.15) is 0 Å². The lowest BCUT2D eigenvalue weighted by Gasteiger charge is -2.06. The molecule has 0 bridgehead atoms. The number of aromatic nitrogens is 1. The number of aryl methyl sites for hydroxylation is 3. The molecule has 2 aromatic carbocycles. The first-order valence-corrected chi connectivity index (χ1v) is 9.03. The van der Waals surface area contributed by atoms with Crippen LogP contribution in [0.3, 0.4) is 0 Å². The Morgan fingerprint density at radius 1 is 0.826 bits per heavy atom. The maximum Gasteiger partial charge on any atom is 0.267 e. The van der Waals surface area contributed by atoms with Crippen molar-refractivity contribution in [3.05, 3.63) is 89.7 Å². The van der Waals surface area contributed by atoms with Crippen LogP contribution in [0.2, 0.25) is 0 Å². The van der Waals surface area contributed by atoms with Gasteiger partial charge in [-0.15, -0.1) is 0 Å². The van der Waals surface area contributed by atoms with Crippen molar-refractivity contribution in [2.75, 3.05) is 0 Å². The van der Waals surface area contributed by atoms with Gasteiger partial charge in [0.15, 0.2) is 0 Å². The largest absolute Gasteiger partial charge is 0.267 e. The van der Waals surface area contributed by atoms with E-state index in [1.807, 2.05) is 43.3 Å². The Morgan fingerprint density at radius 2 is 1.48 bits per heavy atom. The third kappa shape index (κ3) is 3.54. The summed E-state index contributed by atoms with van der Waals surface area (Å²) < 4.78 is 26.5. The van der Waals surface area contributed by atoms with E-state index in [4.69, 9.17) is 0 Å². The molecule has 0 spiro atoms. The van der Waals surface area contributed by atoms with Gasteiger partial charge >= 0.3 is 0 Å². The van der Waals surface area contributed by atoms with Gasteiger partial charge in [-0.05, 0) is 49.1 Å². The van der Waals surface area contributed by atoms with Gasteiger partial charge in [-0.1, -0.05) is 48.0 Å². The highest BCUT2D eigenvalue weighted by Gasteiger charge is 2.16. The number of hydrogen-bond acceptors (Lipinski definition) is 2. The molecule has 3 nitrogen and oxygen atoms in total. The van der Waals surface area contributed by atoms with Crippen LogP contribution in [-0.4, -0.2) is 12.4 Å². The smallest absolute Gasteiger partial charge is 0.249 e. The van der Waals surface area contributed by atoms with E-state index in [9.17, 15) is 8.42 Å². The molecule has 0 aliphatic carbocycles. The van der Waals surface area contributed by atoms with Crippen molar-refractivity contribution in [3.63, 3.8) is 0 Å². The summed E-state index contributed by atoms with van der Waals surface area (Å²) in [5.41, 5.74) is 3.31. The second-order valence-electron chi connectivity index (χ2n) is 5.65. The molecule has 0 atom stereocenters. The third-order valence-electron chi connectivity index (χ3n) is 3.87. The zero-order valence-electron chi connectivity index (χ0n) is 13.0. The minimum atomic E-state index is -3.50. The Hall–Kier alpha value is -2.33. The van der Waals surface area contributed by atoms with Crippen molar-refractivity contribution in [2.24, 2.45) is 0 Å². The first kappa shape index (κ1) is 15.6. The molecular weight excluding hydrogens is 306 g/mol. The number of rotatable bonds is 5. The van der Waals surface area contributed by atoms with E-state index in [1.54, 1.807) is 24.5 Å². The van der Waals surface area contributed by atoms with Crippen LogP contribution in [0.5, 0.6) is 0 Å². The van der Waals surface area contributed by atoms with E-state index >= 15 is 0 Å². The molecule has 0 radical (unpaired) electrons. The highest BCUT2D eigenvalue weighted by Crippen LogP contribution is 2.17. The second kappa shape index (κ2) is 6.42. The topological polar surface area (TPSA) is 39.1 Å².